The highest BCUT2D eigenvalue weighted by Crippen LogP contribution is 2.25. The van der Waals surface area contributed by atoms with Gasteiger partial charge in [-0.2, -0.15) is 0 Å². The molecule has 15 heavy (non-hydrogen) atoms. The lowest BCUT2D eigenvalue weighted by atomic mass is 10.1. The predicted molar refractivity (Wildman–Crippen MR) is 58.6 cm³/mol. The fraction of sp³-hybridized carbons (Fsp3) is 0.600. The number of aliphatic hydroxyl groups excluding tert-OH is 1. The molecule has 0 saturated carbocycles. The first-order valence-corrected chi connectivity index (χ1v) is 5.72. The van der Waals surface area contributed by atoms with Gasteiger partial charge in [0.25, 0.3) is 0 Å². The minimum atomic E-state index is -0.429. The maximum Gasteiger partial charge on any atom is 0.134 e. The van der Waals surface area contributed by atoms with Crippen LogP contribution < -0.4 is 5.32 Å². The van der Waals surface area contributed by atoms with Gasteiger partial charge >= 0.3 is 0 Å². The minimum Gasteiger partial charge on any atom is -0.466 e. The Morgan fingerprint density at radius 1 is 1.60 bits per heavy atom. The van der Waals surface area contributed by atoms with E-state index in [2.05, 4.69) is 21.2 Å². The van der Waals surface area contributed by atoms with Gasteiger partial charge in [-0.3, -0.25) is 0 Å². The lowest BCUT2D eigenvalue weighted by molar-refractivity contribution is 0.121. The van der Waals surface area contributed by atoms with Crippen molar-refractivity contribution in [1.29, 1.82) is 0 Å². The summed E-state index contributed by atoms with van der Waals surface area (Å²) in [6, 6.07) is 1.89. The van der Waals surface area contributed by atoms with Crippen molar-refractivity contribution in [1.82, 2.24) is 5.32 Å². The topological polar surface area (TPSA) is 54.6 Å². The van der Waals surface area contributed by atoms with Crippen LogP contribution in [0.1, 0.15) is 18.7 Å². The fourth-order valence-electron chi connectivity index (χ4n) is 1.71. The van der Waals surface area contributed by atoms with E-state index < -0.39 is 6.10 Å². The van der Waals surface area contributed by atoms with E-state index in [-0.39, 0.29) is 12.1 Å². The summed E-state index contributed by atoms with van der Waals surface area (Å²) in [5, 5.41) is 12.8. The standard InChI is InChI=1S/C10H14BrNO3/c1-6(10-7(11)2-3-15-10)12-8-4-14-5-9(8)13/h2-3,6,8-9,12-13H,4-5H2,1H3. The second kappa shape index (κ2) is 4.65. The minimum absolute atomic E-state index is 0.0167. The Balaban J connectivity index is 1.97. The lowest BCUT2D eigenvalue weighted by Crippen LogP contribution is -2.40. The number of halogens is 1. The van der Waals surface area contributed by atoms with Crippen LogP contribution >= 0.6 is 15.9 Å². The first-order valence-electron chi connectivity index (χ1n) is 4.93. The van der Waals surface area contributed by atoms with Crippen LogP contribution in [0.4, 0.5) is 0 Å². The van der Waals surface area contributed by atoms with Crippen LogP contribution in [-0.2, 0) is 4.74 Å². The number of hydrogen-bond donors (Lipinski definition) is 2. The quantitative estimate of drug-likeness (QED) is 0.877. The van der Waals surface area contributed by atoms with Crippen LogP contribution in [-0.4, -0.2) is 30.5 Å². The highest BCUT2D eigenvalue weighted by molar-refractivity contribution is 9.10. The molecule has 1 aromatic heterocycles. The van der Waals surface area contributed by atoms with Crippen LogP contribution in [0.2, 0.25) is 0 Å². The van der Waals surface area contributed by atoms with Gasteiger partial charge in [0.05, 0.1) is 42.1 Å². The summed E-state index contributed by atoms with van der Waals surface area (Å²) in [6.07, 6.45) is 1.21. The Labute approximate surface area is 96.7 Å². The van der Waals surface area contributed by atoms with E-state index in [4.69, 9.17) is 9.15 Å². The molecule has 0 aromatic carbocycles. The normalized spacial score (nSPS) is 28.2. The molecule has 2 rings (SSSR count). The van der Waals surface area contributed by atoms with Gasteiger partial charge in [0.15, 0.2) is 0 Å². The Morgan fingerprint density at radius 2 is 2.40 bits per heavy atom. The van der Waals surface area contributed by atoms with Gasteiger partial charge < -0.3 is 19.6 Å². The molecule has 1 aliphatic rings. The number of furan rings is 1. The summed E-state index contributed by atoms with van der Waals surface area (Å²) in [5.41, 5.74) is 0. The van der Waals surface area contributed by atoms with Crippen molar-refractivity contribution in [2.75, 3.05) is 13.2 Å². The van der Waals surface area contributed by atoms with E-state index in [1.165, 1.54) is 0 Å². The van der Waals surface area contributed by atoms with E-state index in [9.17, 15) is 5.11 Å². The Morgan fingerprint density at radius 3 is 2.93 bits per heavy atom. The average Bonchev–Trinajstić information content (AvgIpc) is 2.76. The molecule has 0 bridgehead atoms. The largest absolute Gasteiger partial charge is 0.466 e. The molecular formula is C10H14BrNO3. The smallest absolute Gasteiger partial charge is 0.134 e. The van der Waals surface area contributed by atoms with E-state index in [0.29, 0.717) is 13.2 Å². The van der Waals surface area contributed by atoms with Crippen LogP contribution in [0.15, 0.2) is 21.2 Å². The zero-order chi connectivity index (χ0) is 10.8. The Hall–Kier alpha value is -0.360. The number of nitrogens with one attached hydrogen (secondary N) is 1. The highest BCUT2D eigenvalue weighted by atomic mass is 79.9. The van der Waals surface area contributed by atoms with E-state index >= 15 is 0 Å². The van der Waals surface area contributed by atoms with Crippen molar-refractivity contribution in [2.45, 2.75) is 25.1 Å². The van der Waals surface area contributed by atoms with Gasteiger partial charge in [-0.05, 0) is 28.9 Å². The Bertz CT molecular complexity index is 328. The van der Waals surface area contributed by atoms with Crippen molar-refractivity contribution in [3.8, 4) is 0 Å². The summed E-state index contributed by atoms with van der Waals surface area (Å²) in [6.45, 7) is 2.95. The second-order valence-electron chi connectivity index (χ2n) is 3.73. The third-order valence-electron chi connectivity index (χ3n) is 2.55. The third kappa shape index (κ3) is 2.42. The van der Waals surface area contributed by atoms with Gasteiger partial charge in [0.2, 0.25) is 0 Å². The van der Waals surface area contributed by atoms with E-state index in [0.717, 1.165) is 10.2 Å². The molecule has 0 spiro atoms. The van der Waals surface area contributed by atoms with Crippen LogP contribution in [0.25, 0.3) is 0 Å². The summed E-state index contributed by atoms with van der Waals surface area (Å²) < 4.78 is 11.4. The molecule has 3 atom stereocenters. The van der Waals surface area contributed by atoms with Gasteiger partial charge in [-0.1, -0.05) is 0 Å². The van der Waals surface area contributed by atoms with Crippen molar-refractivity contribution in [3.05, 3.63) is 22.6 Å². The molecule has 1 saturated heterocycles. The van der Waals surface area contributed by atoms with Gasteiger partial charge in [0, 0.05) is 0 Å². The Kier molecular flexibility index (Phi) is 3.45. The molecule has 0 amide bonds. The van der Waals surface area contributed by atoms with Crippen LogP contribution in [0, 0.1) is 0 Å². The fourth-order valence-corrected chi connectivity index (χ4v) is 2.26. The highest BCUT2D eigenvalue weighted by Gasteiger charge is 2.28. The number of rotatable bonds is 3. The zero-order valence-corrected chi connectivity index (χ0v) is 10.0. The molecule has 1 aromatic rings. The zero-order valence-electron chi connectivity index (χ0n) is 8.44. The molecule has 1 aliphatic heterocycles. The van der Waals surface area contributed by atoms with Gasteiger partial charge in [0.1, 0.15) is 5.76 Å². The maximum atomic E-state index is 9.57. The van der Waals surface area contributed by atoms with Gasteiger partial charge in [-0.25, -0.2) is 0 Å². The molecule has 0 aliphatic carbocycles. The predicted octanol–water partition coefficient (Wildman–Crippen LogP) is 1.45. The van der Waals surface area contributed by atoms with E-state index in [1.807, 2.05) is 13.0 Å². The molecule has 2 N–H and O–H groups in total. The lowest BCUT2D eigenvalue weighted by Gasteiger charge is -2.19. The SMILES string of the molecule is CC(NC1COCC1O)c1occc1Br. The second-order valence-corrected chi connectivity index (χ2v) is 4.59. The number of aliphatic hydroxyl groups is 1. The van der Waals surface area contributed by atoms with Crippen LogP contribution in [0.5, 0.6) is 0 Å². The number of ether oxygens (including phenoxy) is 1. The van der Waals surface area contributed by atoms with Crippen molar-refractivity contribution < 1.29 is 14.3 Å². The molecule has 1 fully saturated rings. The van der Waals surface area contributed by atoms with E-state index in [1.54, 1.807) is 6.26 Å². The molecule has 0 radical (unpaired) electrons. The maximum absolute atomic E-state index is 9.57. The summed E-state index contributed by atoms with van der Waals surface area (Å²) in [4.78, 5) is 0. The molecular weight excluding hydrogens is 262 g/mol. The summed E-state index contributed by atoms with van der Waals surface area (Å²) in [7, 11) is 0. The summed E-state index contributed by atoms with van der Waals surface area (Å²) in [5.74, 6) is 0.842. The molecule has 84 valence electrons. The molecule has 3 unspecified atom stereocenters. The molecule has 5 heteroatoms. The molecule has 2 heterocycles. The third-order valence-corrected chi connectivity index (χ3v) is 3.21. The van der Waals surface area contributed by atoms with Gasteiger partial charge in [-0.15, -0.1) is 0 Å². The molecule has 4 nitrogen and oxygen atoms in total. The van der Waals surface area contributed by atoms with Crippen LogP contribution in [0.3, 0.4) is 0 Å². The number of hydrogen-bond acceptors (Lipinski definition) is 4. The average molecular weight is 276 g/mol. The first-order chi connectivity index (χ1) is 7.18. The van der Waals surface area contributed by atoms with Crippen molar-refractivity contribution in [3.63, 3.8) is 0 Å². The van der Waals surface area contributed by atoms with Crippen molar-refractivity contribution in [2.24, 2.45) is 0 Å². The van der Waals surface area contributed by atoms with Crippen molar-refractivity contribution >= 4 is 15.9 Å². The summed E-state index contributed by atoms with van der Waals surface area (Å²) >= 11 is 3.40. The monoisotopic (exact) mass is 275 g/mol. The first kappa shape index (κ1) is 11.1.